The molecule has 0 atom stereocenters. The monoisotopic (exact) mass is 444 g/mol. The summed E-state index contributed by atoms with van der Waals surface area (Å²) in [6.07, 6.45) is 2.12. The number of likely N-dealkylation sites (tertiary alicyclic amines) is 1. The van der Waals surface area contributed by atoms with Gasteiger partial charge in [-0.05, 0) is 45.0 Å². The number of hydrogen-bond acceptors (Lipinski definition) is 7. The summed E-state index contributed by atoms with van der Waals surface area (Å²) in [5.41, 5.74) is 0.0953. The first kappa shape index (κ1) is 21.0. The maximum atomic E-state index is 11.4. The summed E-state index contributed by atoms with van der Waals surface area (Å²) < 4.78 is -1.88. The van der Waals surface area contributed by atoms with Gasteiger partial charge in [-0.3, -0.25) is 10.1 Å². The Labute approximate surface area is 177 Å². The fourth-order valence-electron chi connectivity index (χ4n) is 3.03. The van der Waals surface area contributed by atoms with Crippen LogP contribution in [0.25, 0.3) is 11.4 Å². The number of hydrogen-bond donors (Lipinski definition) is 1. The topological polar surface area (TPSA) is 97.1 Å². The highest BCUT2D eigenvalue weighted by Crippen LogP contribution is 2.37. The summed E-state index contributed by atoms with van der Waals surface area (Å²) in [5.74, 6) is 0.683. The fourth-order valence-corrected chi connectivity index (χ4v) is 3.28. The zero-order valence-electron chi connectivity index (χ0n) is 15.1. The van der Waals surface area contributed by atoms with Crippen molar-refractivity contribution in [2.45, 2.75) is 16.6 Å². The maximum Gasteiger partial charge on any atom is 0.280 e. The van der Waals surface area contributed by atoms with Gasteiger partial charge in [0.25, 0.3) is 5.69 Å². The van der Waals surface area contributed by atoms with Crippen LogP contribution in [0.1, 0.15) is 18.7 Å². The number of aromatic nitrogens is 3. The third-order valence-corrected chi connectivity index (χ3v) is 5.12. The molecule has 1 N–H and O–H groups in total. The highest BCUT2D eigenvalue weighted by molar-refractivity contribution is 6.66. The molecule has 11 heteroatoms. The van der Waals surface area contributed by atoms with Crippen molar-refractivity contribution < 1.29 is 4.92 Å². The molecule has 0 saturated carbocycles. The van der Waals surface area contributed by atoms with Gasteiger partial charge < -0.3 is 10.2 Å². The number of alkyl halides is 3. The van der Waals surface area contributed by atoms with Crippen LogP contribution in [0, 0.1) is 16.0 Å². The van der Waals surface area contributed by atoms with E-state index in [1.54, 1.807) is 18.2 Å². The number of nitrogens with zero attached hydrogens (tertiary/aromatic N) is 5. The van der Waals surface area contributed by atoms with Gasteiger partial charge in [0.05, 0.1) is 10.5 Å². The molecule has 0 aliphatic carbocycles. The molecule has 2 aromatic rings. The summed E-state index contributed by atoms with van der Waals surface area (Å²) in [7, 11) is 2.10. The summed E-state index contributed by atoms with van der Waals surface area (Å²) in [4.78, 5) is 25.8. The molecule has 8 nitrogen and oxygen atoms in total. The van der Waals surface area contributed by atoms with Gasteiger partial charge in [-0.25, -0.2) is 4.98 Å². The van der Waals surface area contributed by atoms with Crippen molar-refractivity contribution in [1.29, 1.82) is 0 Å². The van der Waals surface area contributed by atoms with Crippen LogP contribution in [0.2, 0.25) is 0 Å². The average molecular weight is 446 g/mol. The van der Waals surface area contributed by atoms with E-state index in [9.17, 15) is 10.1 Å². The molecule has 1 saturated heterocycles. The first-order valence-corrected chi connectivity index (χ1v) is 9.87. The molecule has 1 aromatic carbocycles. The highest BCUT2D eigenvalue weighted by atomic mass is 35.6. The van der Waals surface area contributed by atoms with Crippen LogP contribution in [0.3, 0.4) is 0 Å². The molecule has 28 heavy (non-hydrogen) atoms. The molecular formula is C17H19Cl3N6O2. The van der Waals surface area contributed by atoms with E-state index in [2.05, 4.69) is 32.2 Å². The predicted molar refractivity (Wildman–Crippen MR) is 110 cm³/mol. The molecule has 1 fully saturated rings. The largest absolute Gasteiger partial charge is 0.354 e. The molecule has 0 amide bonds. The number of nitro groups is 1. The molecule has 150 valence electrons. The van der Waals surface area contributed by atoms with E-state index in [0.717, 1.165) is 25.9 Å². The van der Waals surface area contributed by atoms with Gasteiger partial charge >= 0.3 is 0 Å². The van der Waals surface area contributed by atoms with Crippen LogP contribution in [0.15, 0.2) is 24.3 Å². The summed E-state index contributed by atoms with van der Waals surface area (Å²) in [6, 6.07) is 6.15. The number of nitrogens with one attached hydrogen (secondary N) is 1. The van der Waals surface area contributed by atoms with Crippen molar-refractivity contribution >= 4 is 46.4 Å². The lowest BCUT2D eigenvalue weighted by molar-refractivity contribution is -0.384. The van der Waals surface area contributed by atoms with Gasteiger partial charge in [0.15, 0.2) is 11.6 Å². The van der Waals surface area contributed by atoms with Gasteiger partial charge in [0.2, 0.25) is 9.74 Å². The van der Waals surface area contributed by atoms with Crippen molar-refractivity contribution in [1.82, 2.24) is 19.9 Å². The van der Waals surface area contributed by atoms with E-state index in [0.29, 0.717) is 12.5 Å². The molecule has 0 bridgehead atoms. The van der Waals surface area contributed by atoms with Crippen LogP contribution in [-0.4, -0.2) is 51.5 Å². The van der Waals surface area contributed by atoms with Crippen LogP contribution < -0.4 is 5.32 Å². The Morgan fingerprint density at radius 3 is 2.54 bits per heavy atom. The molecule has 0 radical (unpaired) electrons. The predicted octanol–water partition coefficient (Wildman–Crippen LogP) is 4.03. The lowest BCUT2D eigenvalue weighted by Gasteiger charge is -2.29. The Morgan fingerprint density at radius 2 is 1.89 bits per heavy atom. The van der Waals surface area contributed by atoms with Gasteiger partial charge in [-0.2, -0.15) is 9.97 Å². The molecule has 0 spiro atoms. The van der Waals surface area contributed by atoms with Gasteiger partial charge in [0, 0.05) is 12.6 Å². The lowest BCUT2D eigenvalue weighted by Crippen LogP contribution is -2.33. The second kappa shape index (κ2) is 8.73. The minimum absolute atomic E-state index is 0.0782. The molecule has 0 unspecified atom stereocenters. The van der Waals surface area contributed by atoms with Crippen LogP contribution in [0.5, 0.6) is 0 Å². The fraction of sp³-hybridized carbons (Fsp3) is 0.471. The van der Waals surface area contributed by atoms with E-state index in [-0.39, 0.29) is 28.8 Å². The van der Waals surface area contributed by atoms with Crippen molar-refractivity contribution in [3.05, 3.63) is 40.2 Å². The van der Waals surface area contributed by atoms with Crippen molar-refractivity contribution in [2.75, 3.05) is 32.0 Å². The smallest absolute Gasteiger partial charge is 0.280 e. The van der Waals surface area contributed by atoms with Crippen molar-refractivity contribution in [2.24, 2.45) is 5.92 Å². The second-order valence-electron chi connectivity index (χ2n) is 6.71. The van der Waals surface area contributed by atoms with Crippen LogP contribution >= 0.6 is 34.8 Å². The van der Waals surface area contributed by atoms with E-state index in [1.807, 2.05) is 0 Å². The Balaban J connectivity index is 1.91. The number of para-hydroxylation sites is 1. The normalized spacial score (nSPS) is 16.1. The third kappa shape index (κ3) is 5.20. The first-order valence-electron chi connectivity index (χ1n) is 8.73. The molecule has 1 aliphatic heterocycles. The maximum absolute atomic E-state index is 11.4. The van der Waals surface area contributed by atoms with Crippen molar-refractivity contribution in [3.8, 4) is 11.4 Å². The number of anilines is 1. The average Bonchev–Trinajstić information content (AvgIpc) is 2.66. The van der Waals surface area contributed by atoms with Crippen LogP contribution in [-0.2, 0) is 3.79 Å². The zero-order valence-corrected chi connectivity index (χ0v) is 17.4. The first-order chi connectivity index (χ1) is 13.2. The van der Waals surface area contributed by atoms with Gasteiger partial charge in [0.1, 0.15) is 0 Å². The Hall–Kier alpha value is -1.74. The standard InChI is InChI=1S/C17H19Cl3N6O2/c1-25-8-6-11(7-9-25)10-21-16-23-14(22-15(24-16)17(18,19)20)12-4-2-3-5-13(12)26(27)28/h2-5,11H,6-10H2,1H3,(H,21,22,23,24). The zero-order chi connectivity index (χ0) is 20.3. The Kier molecular flexibility index (Phi) is 6.54. The third-order valence-electron chi connectivity index (χ3n) is 4.62. The molecule has 2 heterocycles. The molecule has 1 aromatic heterocycles. The SMILES string of the molecule is CN1CCC(CNc2nc(-c3ccccc3[N+](=O)[O-])nc(C(Cl)(Cl)Cl)n2)CC1. The number of rotatable bonds is 5. The number of benzene rings is 1. The molecular weight excluding hydrogens is 427 g/mol. The minimum atomic E-state index is -1.88. The van der Waals surface area contributed by atoms with Gasteiger partial charge in [-0.15, -0.1) is 0 Å². The number of halogens is 3. The van der Waals surface area contributed by atoms with Crippen molar-refractivity contribution in [3.63, 3.8) is 0 Å². The van der Waals surface area contributed by atoms with E-state index >= 15 is 0 Å². The Morgan fingerprint density at radius 1 is 1.21 bits per heavy atom. The van der Waals surface area contributed by atoms with E-state index < -0.39 is 8.72 Å². The second-order valence-corrected chi connectivity index (χ2v) is 8.99. The highest BCUT2D eigenvalue weighted by Gasteiger charge is 2.30. The molecule has 3 rings (SSSR count). The summed E-state index contributed by atoms with van der Waals surface area (Å²) in [5, 5.41) is 14.5. The molecule has 1 aliphatic rings. The summed E-state index contributed by atoms with van der Waals surface area (Å²) in [6.45, 7) is 2.72. The Bertz CT molecular complexity index is 853. The van der Waals surface area contributed by atoms with E-state index in [4.69, 9.17) is 34.8 Å². The van der Waals surface area contributed by atoms with E-state index in [1.165, 1.54) is 6.07 Å². The van der Waals surface area contributed by atoms with Crippen LogP contribution in [0.4, 0.5) is 11.6 Å². The minimum Gasteiger partial charge on any atom is -0.354 e. The van der Waals surface area contributed by atoms with Gasteiger partial charge in [-0.1, -0.05) is 46.9 Å². The summed E-state index contributed by atoms with van der Waals surface area (Å²) >= 11 is 17.9. The number of piperidine rings is 1. The number of nitro benzene ring substituents is 1. The quantitative estimate of drug-likeness (QED) is 0.421. The lowest BCUT2D eigenvalue weighted by atomic mass is 9.97.